The van der Waals surface area contributed by atoms with Crippen LogP contribution < -0.4 is 10.6 Å². The lowest BCUT2D eigenvalue weighted by atomic mass is 10.2. The molecule has 6 nitrogen and oxygen atoms in total. The molecular formula is C14H14N4O2. The largest absolute Gasteiger partial charge is 0.383 e. The second-order valence-corrected chi connectivity index (χ2v) is 3.76. The average Bonchev–Trinajstić information content (AvgIpc) is 2.49. The molecule has 1 rings (SSSR count). The number of benzene rings is 1. The van der Waals surface area contributed by atoms with Gasteiger partial charge in [-0.05, 0) is 18.2 Å². The molecule has 0 aliphatic rings. The van der Waals surface area contributed by atoms with Crippen molar-refractivity contribution < 1.29 is 9.53 Å². The number of anilines is 1. The minimum Gasteiger partial charge on any atom is -0.383 e. The van der Waals surface area contributed by atoms with Gasteiger partial charge in [-0.1, -0.05) is 6.07 Å². The number of nitrogens with zero attached hydrogens (tertiary/aromatic N) is 2. The average molecular weight is 270 g/mol. The van der Waals surface area contributed by atoms with E-state index < -0.39 is 0 Å². The molecule has 0 bridgehead atoms. The number of methoxy groups -OCH3 is 1. The smallest absolute Gasteiger partial charge is 0.251 e. The molecule has 0 radical (unpaired) electrons. The second-order valence-electron chi connectivity index (χ2n) is 3.76. The highest BCUT2D eigenvalue weighted by Crippen LogP contribution is 2.11. The van der Waals surface area contributed by atoms with Crippen LogP contribution >= 0.6 is 0 Å². The molecule has 0 aliphatic heterocycles. The Hall–Kier alpha value is -2.83. The zero-order valence-corrected chi connectivity index (χ0v) is 11.0. The lowest BCUT2D eigenvalue weighted by molar-refractivity contribution is 0.0937. The Morgan fingerprint density at radius 1 is 1.40 bits per heavy atom. The van der Waals surface area contributed by atoms with Crippen molar-refractivity contribution in [2.24, 2.45) is 0 Å². The predicted molar refractivity (Wildman–Crippen MR) is 73.6 cm³/mol. The maximum atomic E-state index is 11.8. The third-order valence-corrected chi connectivity index (χ3v) is 2.34. The van der Waals surface area contributed by atoms with Gasteiger partial charge in [-0.25, -0.2) is 0 Å². The van der Waals surface area contributed by atoms with Gasteiger partial charge in [-0.2, -0.15) is 10.5 Å². The van der Waals surface area contributed by atoms with Crippen molar-refractivity contribution in [3.8, 4) is 12.1 Å². The van der Waals surface area contributed by atoms with Crippen molar-refractivity contribution in [3.63, 3.8) is 0 Å². The summed E-state index contributed by atoms with van der Waals surface area (Å²) in [5.74, 6) is -0.213. The summed E-state index contributed by atoms with van der Waals surface area (Å²) in [4.78, 5) is 11.8. The van der Waals surface area contributed by atoms with E-state index in [-0.39, 0.29) is 11.5 Å². The Morgan fingerprint density at radius 2 is 2.15 bits per heavy atom. The van der Waals surface area contributed by atoms with Gasteiger partial charge in [0.1, 0.15) is 17.7 Å². The van der Waals surface area contributed by atoms with Crippen LogP contribution in [0, 0.1) is 22.7 Å². The molecule has 102 valence electrons. The van der Waals surface area contributed by atoms with E-state index in [1.165, 1.54) is 6.20 Å². The summed E-state index contributed by atoms with van der Waals surface area (Å²) in [7, 11) is 1.56. The first kappa shape index (κ1) is 15.2. The van der Waals surface area contributed by atoms with Gasteiger partial charge in [0.25, 0.3) is 5.91 Å². The highest BCUT2D eigenvalue weighted by Gasteiger charge is 2.05. The van der Waals surface area contributed by atoms with Crippen LogP contribution in [0.25, 0.3) is 0 Å². The number of nitrogens with one attached hydrogen (secondary N) is 2. The molecule has 1 amide bonds. The predicted octanol–water partition coefficient (Wildman–Crippen LogP) is 1.41. The van der Waals surface area contributed by atoms with Crippen molar-refractivity contribution in [3.05, 3.63) is 41.6 Å². The Balaban J connectivity index is 2.71. The number of amides is 1. The van der Waals surface area contributed by atoms with Gasteiger partial charge >= 0.3 is 0 Å². The molecule has 0 unspecified atom stereocenters. The van der Waals surface area contributed by atoms with Gasteiger partial charge in [0.05, 0.1) is 6.61 Å². The Kier molecular flexibility index (Phi) is 6.32. The standard InChI is InChI=1S/C14H14N4O2/c1-20-6-5-17-14(19)12-3-2-4-13(7-12)18-10-11(8-15)9-16/h2-4,7,10,18H,5-6H2,1H3,(H,17,19). The van der Waals surface area contributed by atoms with Crippen LogP contribution in [0.2, 0.25) is 0 Å². The molecular weight excluding hydrogens is 256 g/mol. The summed E-state index contributed by atoms with van der Waals surface area (Å²) in [6.45, 7) is 0.875. The lowest BCUT2D eigenvalue weighted by Crippen LogP contribution is -2.26. The fourth-order valence-corrected chi connectivity index (χ4v) is 1.36. The zero-order chi connectivity index (χ0) is 14.8. The summed E-state index contributed by atoms with van der Waals surface area (Å²) in [5.41, 5.74) is 1.06. The van der Waals surface area contributed by atoms with Gasteiger partial charge < -0.3 is 15.4 Å². The van der Waals surface area contributed by atoms with E-state index in [0.29, 0.717) is 24.4 Å². The first-order chi connectivity index (χ1) is 9.71. The van der Waals surface area contributed by atoms with Gasteiger partial charge in [0.2, 0.25) is 0 Å². The molecule has 0 spiro atoms. The molecule has 0 aromatic heterocycles. The van der Waals surface area contributed by atoms with E-state index in [9.17, 15) is 4.79 Å². The van der Waals surface area contributed by atoms with Gasteiger partial charge in [-0.3, -0.25) is 4.79 Å². The first-order valence-electron chi connectivity index (χ1n) is 5.85. The van der Waals surface area contributed by atoms with Gasteiger partial charge in [-0.15, -0.1) is 0 Å². The van der Waals surface area contributed by atoms with Gasteiger partial charge in [0.15, 0.2) is 0 Å². The van der Waals surface area contributed by atoms with Crippen molar-refractivity contribution in [1.29, 1.82) is 10.5 Å². The molecule has 0 atom stereocenters. The van der Waals surface area contributed by atoms with E-state index in [2.05, 4.69) is 10.6 Å². The van der Waals surface area contributed by atoms with Crippen molar-refractivity contribution in [2.45, 2.75) is 0 Å². The number of carbonyl (C=O) groups excluding carboxylic acids is 1. The van der Waals surface area contributed by atoms with Crippen molar-refractivity contribution in [2.75, 3.05) is 25.6 Å². The quantitative estimate of drug-likeness (QED) is 0.601. The summed E-state index contributed by atoms with van der Waals surface area (Å²) >= 11 is 0. The van der Waals surface area contributed by atoms with Crippen LogP contribution in [0.1, 0.15) is 10.4 Å². The minimum absolute atomic E-state index is 0.0417. The fourth-order valence-electron chi connectivity index (χ4n) is 1.36. The number of hydrogen-bond donors (Lipinski definition) is 2. The van der Waals surface area contributed by atoms with Crippen LogP contribution in [0.4, 0.5) is 5.69 Å². The maximum absolute atomic E-state index is 11.8. The Labute approximate surface area is 117 Å². The summed E-state index contributed by atoms with van der Waals surface area (Å²) < 4.78 is 4.85. The Bertz CT molecular complexity index is 566. The number of ether oxygens (including phenoxy) is 1. The maximum Gasteiger partial charge on any atom is 0.251 e. The normalized spacial score (nSPS) is 8.95. The van der Waals surface area contributed by atoms with E-state index >= 15 is 0 Å². The second kappa shape index (κ2) is 8.30. The fraction of sp³-hybridized carbons (Fsp3) is 0.214. The van der Waals surface area contributed by atoms with Crippen LogP contribution in [-0.4, -0.2) is 26.2 Å². The third kappa shape index (κ3) is 4.81. The molecule has 6 heteroatoms. The lowest BCUT2D eigenvalue weighted by Gasteiger charge is -2.06. The van der Waals surface area contributed by atoms with Crippen LogP contribution in [0.3, 0.4) is 0 Å². The summed E-state index contributed by atoms with van der Waals surface area (Å²) in [5, 5.41) is 22.7. The van der Waals surface area contributed by atoms with E-state index in [1.54, 1.807) is 43.5 Å². The number of rotatable bonds is 6. The van der Waals surface area contributed by atoms with Gasteiger partial charge in [0, 0.05) is 31.1 Å². The number of nitriles is 2. The zero-order valence-electron chi connectivity index (χ0n) is 11.0. The topological polar surface area (TPSA) is 97.9 Å². The molecule has 1 aromatic carbocycles. The molecule has 0 saturated heterocycles. The minimum atomic E-state index is -0.213. The van der Waals surface area contributed by atoms with Crippen LogP contribution in [0.15, 0.2) is 36.0 Å². The van der Waals surface area contributed by atoms with E-state index in [1.807, 2.05) is 0 Å². The molecule has 1 aromatic rings. The van der Waals surface area contributed by atoms with Crippen molar-refractivity contribution >= 4 is 11.6 Å². The summed E-state index contributed by atoms with van der Waals surface area (Å²) in [6, 6.07) is 10.2. The summed E-state index contributed by atoms with van der Waals surface area (Å²) in [6.07, 6.45) is 1.29. The van der Waals surface area contributed by atoms with E-state index in [4.69, 9.17) is 15.3 Å². The molecule has 0 fully saturated rings. The van der Waals surface area contributed by atoms with Crippen LogP contribution in [-0.2, 0) is 4.74 Å². The van der Waals surface area contributed by atoms with Crippen molar-refractivity contribution in [1.82, 2.24) is 5.32 Å². The number of allylic oxidation sites excluding steroid dienone is 1. The molecule has 2 N–H and O–H groups in total. The SMILES string of the molecule is COCCNC(=O)c1cccc(NC=C(C#N)C#N)c1. The molecule has 0 saturated carbocycles. The monoisotopic (exact) mass is 270 g/mol. The molecule has 0 heterocycles. The molecule has 20 heavy (non-hydrogen) atoms. The first-order valence-corrected chi connectivity index (χ1v) is 5.85. The third-order valence-electron chi connectivity index (χ3n) is 2.34. The van der Waals surface area contributed by atoms with Crippen LogP contribution in [0.5, 0.6) is 0 Å². The highest BCUT2D eigenvalue weighted by atomic mass is 16.5. The number of carbonyl (C=O) groups is 1. The van der Waals surface area contributed by atoms with E-state index in [0.717, 1.165) is 0 Å². The number of hydrogen-bond acceptors (Lipinski definition) is 5. The molecule has 0 aliphatic carbocycles. The highest BCUT2D eigenvalue weighted by molar-refractivity contribution is 5.95. The Morgan fingerprint density at radius 3 is 2.80 bits per heavy atom.